The minimum absolute atomic E-state index is 0. The van der Waals surface area contributed by atoms with Gasteiger partial charge in [0.2, 0.25) is 0 Å². The molecular weight excluding hydrogens is 467 g/mol. The Labute approximate surface area is 126 Å². The van der Waals surface area contributed by atoms with Gasteiger partial charge in [-0.15, -0.1) is 0 Å². The molecule has 0 bridgehead atoms. The Bertz CT molecular complexity index is 121. The van der Waals surface area contributed by atoms with Gasteiger partial charge in [-0.25, -0.2) is 0 Å². The summed E-state index contributed by atoms with van der Waals surface area (Å²) in [5, 5.41) is 0. The summed E-state index contributed by atoms with van der Waals surface area (Å²) in [4.78, 5) is 0. The van der Waals surface area contributed by atoms with Gasteiger partial charge < -0.3 is 91.7 Å². The summed E-state index contributed by atoms with van der Waals surface area (Å²) in [6.07, 6.45) is 0. The zero-order valence-electron chi connectivity index (χ0n) is 5.98. The van der Waals surface area contributed by atoms with Crippen LogP contribution < -0.4 is 17.2 Å². The van der Waals surface area contributed by atoms with Gasteiger partial charge in [0.05, 0.1) is 0 Å². The van der Waals surface area contributed by atoms with E-state index in [0.717, 1.165) is 0 Å². The van der Waals surface area contributed by atoms with Crippen LogP contribution >= 0.6 is 36.7 Å². The largest absolute Gasteiger partial charge is 3.00 e. The normalized spacial score (nSPS) is 5.54. The molecule has 0 radical (unpaired) electrons. The minimum Gasteiger partial charge on any atom is -0.415 e. The summed E-state index contributed by atoms with van der Waals surface area (Å²) >= 11 is 24.8. The van der Waals surface area contributed by atoms with Crippen molar-refractivity contribution in [1.82, 2.24) is 0 Å². The first-order valence-electron chi connectivity index (χ1n) is 2.09. The van der Waals surface area contributed by atoms with Crippen LogP contribution in [0.25, 0.3) is 0 Å². The Kier molecular flexibility index (Phi) is 34.2. The van der Waals surface area contributed by atoms with Crippen LogP contribution in [0.15, 0.2) is 0 Å². The van der Waals surface area contributed by atoms with Crippen molar-refractivity contribution < 1.29 is 22.4 Å². The average molecular weight is 473 g/mol. The van der Waals surface area contributed by atoms with Gasteiger partial charge in [-0.1, -0.05) is 13.0 Å². The third-order valence-corrected chi connectivity index (χ3v) is 0. The van der Waals surface area contributed by atoms with Crippen molar-refractivity contribution in [3.8, 4) is 0 Å². The standard InChI is InChI=1S/3CH3NS2.Au/c3*2-1(3)4;/h3*(H3,2,3,4);/q;;;+3/p-3. The van der Waals surface area contributed by atoms with E-state index in [-0.39, 0.29) is 35.3 Å². The van der Waals surface area contributed by atoms with Gasteiger partial charge in [-0.05, 0) is 0 Å². The number of nitrogens with two attached hydrogens (primary N) is 3. The van der Waals surface area contributed by atoms with Gasteiger partial charge in [0.15, 0.2) is 0 Å². The third-order valence-electron chi connectivity index (χ3n) is 0. The summed E-state index contributed by atoms with van der Waals surface area (Å²) in [5.74, 6) is 0. The Morgan fingerprint density at radius 1 is 0.692 bits per heavy atom. The second-order valence-corrected chi connectivity index (χ2v) is 4.37. The molecule has 0 aromatic carbocycles. The molecule has 0 unspecified atom stereocenters. The molecule has 0 saturated heterocycles. The second-order valence-electron chi connectivity index (χ2n) is 0.957. The smallest absolute Gasteiger partial charge is 0.415 e. The van der Waals surface area contributed by atoms with E-state index in [1.165, 1.54) is 0 Å². The quantitative estimate of drug-likeness (QED) is 0.241. The zero-order chi connectivity index (χ0) is 10.7. The molecule has 0 amide bonds. The molecule has 0 heterocycles. The van der Waals surface area contributed by atoms with Crippen LogP contribution in [0.4, 0.5) is 0 Å². The van der Waals surface area contributed by atoms with Crippen molar-refractivity contribution >= 4 is 87.5 Å². The molecule has 0 spiro atoms. The topological polar surface area (TPSA) is 78.1 Å². The fourth-order valence-electron chi connectivity index (χ4n) is 0. The molecule has 0 aliphatic carbocycles. The molecule has 0 rings (SSSR count). The maximum atomic E-state index is 4.66. The van der Waals surface area contributed by atoms with E-state index in [9.17, 15) is 0 Å². The fraction of sp³-hybridized carbons (Fsp3) is 0. The monoisotopic (exact) mass is 473 g/mol. The Morgan fingerprint density at radius 3 is 0.692 bits per heavy atom. The van der Waals surface area contributed by atoms with Gasteiger partial charge in [0, 0.05) is 0 Å². The molecule has 0 aliphatic rings. The van der Waals surface area contributed by atoms with E-state index in [0.29, 0.717) is 0 Å². The van der Waals surface area contributed by atoms with Crippen molar-refractivity contribution in [2.24, 2.45) is 17.2 Å². The van der Waals surface area contributed by atoms with Gasteiger partial charge in [-0.2, -0.15) is 0 Å². The van der Waals surface area contributed by atoms with E-state index in [1.54, 1.807) is 0 Å². The summed E-state index contributed by atoms with van der Waals surface area (Å²) in [7, 11) is 0. The van der Waals surface area contributed by atoms with Crippen molar-refractivity contribution in [2.75, 3.05) is 0 Å². The first-order chi connectivity index (χ1) is 5.20. The number of hydrogen-bond donors (Lipinski definition) is 3. The predicted octanol–water partition coefficient (Wildman–Crippen LogP) is -0.672. The SMILES string of the molecule is NC(=S)[S-].NC(=S)[S-].NC(=S)[S-].[Au+3]. The average Bonchev–Trinajstić information content (AvgIpc) is 1.54. The number of hydrogen-bond acceptors (Lipinski definition) is 6. The maximum absolute atomic E-state index is 4.66. The van der Waals surface area contributed by atoms with Gasteiger partial charge in [-0.3, -0.25) is 0 Å². The van der Waals surface area contributed by atoms with Crippen molar-refractivity contribution in [2.45, 2.75) is 0 Å². The second kappa shape index (κ2) is 18.8. The minimum atomic E-state index is 0. The van der Waals surface area contributed by atoms with Crippen molar-refractivity contribution in [1.29, 1.82) is 0 Å². The van der Waals surface area contributed by atoms with E-state index in [2.05, 4.69) is 91.7 Å². The predicted molar refractivity (Wildman–Crippen MR) is 72.5 cm³/mol. The van der Waals surface area contributed by atoms with Crippen LogP contribution in [-0.2, 0) is 60.3 Å². The molecule has 0 fully saturated rings. The van der Waals surface area contributed by atoms with Gasteiger partial charge in [0.25, 0.3) is 0 Å². The molecular formula is C3H6AuN3S6. The van der Waals surface area contributed by atoms with Gasteiger partial charge >= 0.3 is 22.4 Å². The molecule has 0 aromatic rings. The Balaban J connectivity index is -0.0000000450. The van der Waals surface area contributed by atoms with E-state index < -0.39 is 0 Å². The van der Waals surface area contributed by atoms with Crippen LogP contribution in [0.2, 0.25) is 0 Å². The van der Waals surface area contributed by atoms with Crippen molar-refractivity contribution in [3.05, 3.63) is 0 Å². The molecule has 3 nitrogen and oxygen atoms in total. The van der Waals surface area contributed by atoms with E-state index in [4.69, 9.17) is 0 Å². The Morgan fingerprint density at radius 2 is 0.692 bits per heavy atom. The third kappa shape index (κ3) is 1400. The molecule has 0 aromatic heterocycles. The first-order valence-corrected chi connectivity index (χ1v) is 4.54. The maximum Gasteiger partial charge on any atom is 3.00 e. The summed E-state index contributed by atoms with van der Waals surface area (Å²) in [5.41, 5.74) is 14.0. The van der Waals surface area contributed by atoms with Crippen LogP contribution in [-0.4, -0.2) is 13.0 Å². The summed E-state index contributed by atoms with van der Waals surface area (Å²) in [6, 6.07) is 0. The van der Waals surface area contributed by atoms with Crippen LogP contribution in [0.1, 0.15) is 0 Å². The molecule has 13 heavy (non-hydrogen) atoms. The molecule has 10 heteroatoms. The van der Waals surface area contributed by atoms with E-state index >= 15 is 0 Å². The number of rotatable bonds is 0. The number of thiocarbonyl (C=S) groups is 3. The van der Waals surface area contributed by atoms with Crippen LogP contribution in [0, 0.1) is 0 Å². The summed E-state index contributed by atoms with van der Waals surface area (Å²) in [6.45, 7) is 0. The van der Waals surface area contributed by atoms with E-state index in [1.807, 2.05) is 0 Å². The molecule has 0 aliphatic heterocycles. The fourth-order valence-corrected chi connectivity index (χ4v) is 0. The Hall–Kier alpha value is 1.07. The first kappa shape index (κ1) is 23.7. The summed E-state index contributed by atoms with van der Waals surface area (Å²) < 4.78 is 0.250. The molecule has 0 atom stereocenters. The van der Waals surface area contributed by atoms with Gasteiger partial charge in [0.1, 0.15) is 0 Å². The molecule has 6 N–H and O–H groups in total. The molecule has 80 valence electrons. The van der Waals surface area contributed by atoms with Crippen LogP contribution in [0.3, 0.4) is 0 Å². The van der Waals surface area contributed by atoms with Crippen molar-refractivity contribution in [3.63, 3.8) is 0 Å². The zero-order valence-corrected chi connectivity index (χ0v) is 13.0. The van der Waals surface area contributed by atoms with Crippen LogP contribution in [0.5, 0.6) is 0 Å². The molecule has 0 saturated carbocycles.